The van der Waals surface area contributed by atoms with E-state index in [9.17, 15) is 0 Å². The standard InChI is InChI=1S/C15H30N2/c1-14(2,13-7-5-9-16-11-13)12-17-10-6-8-15(17,3)4/h13,16H,5-12H2,1-4H3. The molecule has 2 heteroatoms. The van der Waals surface area contributed by atoms with E-state index in [4.69, 9.17) is 0 Å². The van der Waals surface area contributed by atoms with Gasteiger partial charge in [-0.25, -0.2) is 0 Å². The Morgan fingerprint density at radius 1 is 1.29 bits per heavy atom. The molecule has 0 saturated carbocycles. The molecule has 100 valence electrons. The minimum Gasteiger partial charge on any atom is -0.316 e. The molecule has 17 heavy (non-hydrogen) atoms. The van der Waals surface area contributed by atoms with Crippen LogP contribution in [0.15, 0.2) is 0 Å². The highest BCUT2D eigenvalue weighted by Gasteiger charge is 2.38. The minimum atomic E-state index is 0.430. The maximum absolute atomic E-state index is 3.57. The van der Waals surface area contributed by atoms with Crippen LogP contribution in [-0.2, 0) is 0 Å². The lowest BCUT2D eigenvalue weighted by atomic mass is 9.74. The van der Waals surface area contributed by atoms with Crippen molar-refractivity contribution in [1.29, 1.82) is 0 Å². The molecule has 2 heterocycles. The molecule has 0 aromatic heterocycles. The van der Waals surface area contributed by atoms with Gasteiger partial charge in [-0.1, -0.05) is 13.8 Å². The number of rotatable bonds is 3. The quantitative estimate of drug-likeness (QED) is 0.813. The van der Waals surface area contributed by atoms with E-state index >= 15 is 0 Å². The number of hydrogen-bond acceptors (Lipinski definition) is 2. The summed E-state index contributed by atoms with van der Waals surface area (Å²) in [6, 6.07) is 0. The van der Waals surface area contributed by atoms with E-state index in [1.54, 1.807) is 0 Å². The van der Waals surface area contributed by atoms with Crippen molar-refractivity contribution < 1.29 is 0 Å². The van der Waals surface area contributed by atoms with Gasteiger partial charge in [-0.15, -0.1) is 0 Å². The summed E-state index contributed by atoms with van der Waals surface area (Å²) in [5.74, 6) is 0.854. The van der Waals surface area contributed by atoms with Crippen molar-refractivity contribution in [3.63, 3.8) is 0 Å². The molecular formula is C15H30N2. The van der Waals surface area contributed by atoms with E-state index in [2.05, 4.69) is 37.9 Å². The van der Waals surface area contributed by atoms with Gasteiger partial charge in [0.05, 0.1) is 0 Å². The SMILES string of the molecule is CC(C)(CN1CCCC1(C)C)C1CCCNC1. The first-order chi connectivity index (χ1) is 7.92. The second-order valence-electron chi connectivity index (χ2n) is 7.37. The van der Waals surface area contributed by atoms with Crippen molar-refractivity contribution in [2.45, 2.75) is 58.9 Å². The maximum Gasteiger partial charge on any atom is 0.0153 e. The maximum atomic E-state index is 3.57. The zero-order valence-corrected chi connectivity index (χ0v) is 12.2. The minimum absolute atomic E-state index is 0.430. The molecule has 0 bridgehead atoms. The Labute approximate surface area is 107 Å². The van der Waals surface area contributed by atoms with Gasteiger partial charge in [-0.3, -0.25) is 4.90 Å². The molecule has 0 amide bonds. The molecule has 1 N–H and O–H groups in total. The molecule has 2 aliphatic rings. The predicted molar refractivity (Wildman–Crippen MR) is 74.3 cm³/mol. The summed E-state index contributed by atoms with van der Waals surface area (Å²) in [5.41, 5.74) is 0.883. The van der Waals surface area contributed by atoms with Crippen LogP contribution < -0.4 is 5.32 Å². The summed E-state index contributed by atoms with van der Waals surface area (Å²) in [6.07, 6.45) is 5.52. The molecule has 2 fully saturated rings. The van der Waals surface area contributed by atoms with E-state index in [1.165, 1.54) is 51.9 Å². The van der Waals surface area contributed by atoms with Crippen LogP contribution in [0.1, 0.15) is 53.4 Å². The summed E-state index contributed by atoms with van der Waals surface area (Å²) in [7, 11) is 0. The Morgan fingerprint density at radius 3 is 2.59 bits per heavy atom. The third-order valence-corrected chi connectivity index (χ3v) is 5.07. The van der Waals surface area contributed by atoms with Gasteiger partial charge in [-0.05, 0) is 70.5 Å². The molecule has 1 atom stereocenters. The van der Waals surface area contributed by atoms with Crippen LogP contribution >= 0.6 is 0 Å². The molecule has 2 saturated heterocycles. The molecule has 0 radical (unpaired) electrons. The zero-order valence-electron chi connectivity index (χ0n) is 12.2. The normalized spacial score (nSPS) is 30.7. The number of nitrogens with zero attached hydrogens (tertiary/aromatic N) is 1. The average molecular weight is 238 g/mol. The summed E-state index contributed by atoms with van der Waals surface area (Å²) in [5, 5.41) is 3.57. The van der Waals surface area contributed by atoms with E-state index in [1.807, 2.05) is 0 Å². The molecule has 2 rings (SSSR count). The summed E-state index contributed by atoms with van der Waals surface area (Å²) in [4.78, 5) is 2.72. The van der Waals surface area contributed by atoms with Gasteiger partial charge in [0.1, 0.15) is 0 Å². The van der Waals surface area contributed by atoms with Gasteiger partial charge in [0.25, 0.3) is 0 Å². The molecule has 0 spiro atoms. The third kappa shape index (κ3) is 3.03. The van der Waals surface area contributed by atoms with Crippen molar-refractivity contribution in [2.24, 2.45) is 11.3 Å². The Bertz CT molecular complexity index is 252. The first-order valence-electron chi connectivity index (χ1n) is 7.38. The highest BCUT2D eigenvalue weighted by Crippen LogP contribution is 2.37. The van der Waals surface area contributed by atoms with Gasteiger partial charge in [0.2, 0.25) is 0 Å². The fraction of sp³-hybridized carbons (Fsp3) is 1.00. The van der Waals surface area contributed by atoms with Crippen molar-refractivity contribution in [3.05, 3.63) is 0 Å². The van der Waals surface area contributed by atoms with Crippen LogP contribution in [0, 0.1) is 11.3 Å². The van der Waals surface area contributed by atoms with Crippen molar-refractivity contribution >= 4 is 0 Å². The van der Waals surface area contributed by atoms with Gasteiger partial charge in [0, 0.05) is 12.1 Å². The van der Waals surface area contributed by atoms with Crippen LogP contribution in [0.2, 0.25) is 0 Å². The Morgan fingerprint density at radius 2 is 2.06 bits per heavy atom. The Balaban J connectivity index is 1.96. The van der Waals surface area contributed by atoms with E-state index in [-0.39, 0.29) is 0 Å². The zero-order chi connectivity index (χ0) is 12.5. The molecule has 0 aliphatic carbocycles. The lowest BCUT2D eigenvalue weighted by molar-refractivity contribution is 0.0653. The van der Waals surface area contributed by atoms with E-state index < -0.39 is 0 Å². The van der Waals surface area contributed by atoms with Gasteiger partial charge < -0.3 is 5.32 Å². The lowest BCUT2D eigenvalue weighted by Gasteiger charge is -2.43. The van der Waals surface area contributed by atoms with Crippen molar-refractivity contribution in [2.75, 3.05) is 26.2 Å². The predicted octanol–water partition coefficient (Wildman–Crippen LogP) is 2.89. The highest BCUT2D eigenvalue weighted by molar-refractivity contribution is 4.93. The van der Waals surface area contributed by atoms with E-state index in [0.29, 0.717) is 11.0 Å². The third-order valence-electron chi connectivity index (χ3n) is 5.07. The van der Waals surface area contributed by atoms with E-state index in [0.717, 1.165) is 5.92 Å². The Kier molecular flexibility index (Phi) is 3.84. The number of hydrogen-bond donors (Lipinski definition) is 1. The van der Waals surface area contributed by atoms with Crippen LogP contribution in [0.5, 0.6) is 0 Å². The van der Waals surface area contributed by atoms with Crippen LogP contribution in [0.25, 0.3) is 0 Å². The monoisotopic (exact) mass is 238 g/mol. The molecule has 0 aromatic rings. The number of piperidine rings is 1. The van der Waals surface area contributed by atoms with Gasteiger partial charge >= 0.3 is 0 Å². The number of nitrogens with one attached hydrogen (secondary N) is 1. The number of likely N-dealkylation sites (tertiary alicyclic amines) is 1. The highest BCUT2D eigenvalue weighted by atomic mass is 15.2. The molecule has 2 aliphatic heterocycles. The Hall–Kier alpha value is -0.0800. The first kappa shape index (κ1) is 13.4. The van der Waals surface area contributed by atoms with Crippen LogP contribution in [-0.4, -0.2) is 36.6 Å². The smallest absolute Gasteiger partial charge is 0.0153 e. The van der Waals surface area contributed by atoms with Crippen LogP contribution in [0.4, 0.5) is 0 Å². The topological polar surface area (TPSA) is 15.3 Å². The molecular weight excluding hydrogens is 208 g/mol. The van der Waals surface area contributed by atoms with Gasteiger partial charge in [-0.2, -0.15) is 0 Å². The van der Waals surface area contributed by atoms with Crippen LogP contribution in [0.3, 0.4) is 0 Å². The molecule has 0 aromatic carbocycles. The summed E-state index contributed by atoms with van der Waals surface area (Å²) < 4.78 is 0. The average Bonchev–Trinajstić information content (AvgIpc) is 2.59. The molecule has 2 nitrogen and oxygen atoms in total. The lowest BCUT2D eigenvalue weighted by Crippen LogP contribution is -2.48. The first-order valence-corrected chi connectivity index (χ1v) is 7.38. The van der Waals surface area contributed by atoms with Crippen molar-refractivity contribution in [1.82, 2.24) is 10.2 Å². The largest absolute Gasteiger partial charge is 0.316 e. The van der Waals surface area contributed by atoms with Gasteiger partial charge in [0.15, 0.2) is 0 Å². The van der Waals surface area contributed by atoms with Crippen molar-refractivity contribution in [3.8, 4) is 0 Å². The fourth-order valence-corrected chi connectivity index (χ4v) is 3.60. The second-order valence-corrected chi connectivity index (χ2v) is 7.37. The summed E-state index contributed by atoms with van der Waals surface area (Å²) >= 11 is 0. The summed E-state index contributed by atoms with van der Waals surface area (Å²) in [6.45, 7) is 14.8. The fourth-order valence-electron chi connectivity index (χ4n) is 3.60. The molecule has 1 unspecified atom stereocenters. The second kappa shape index (κ2) is 4.89.